The summed E-state index contributed by atoms with van der Waals surface area (Å²) in [6.45, 7) is 6.24. The Bertz CT molecular complexity index is 1760. The monoisotopic (exact) mass is 647 g/mol. The fourth-order valence-electron chi connectivity index (χ4n) is 6.01. The van der Waals surface area contributed by atoms with Crippen molar-refractivity contribution in [2.75, 3.05) is 11.4 Å². The molecule has 1 saturated carbocycles. The molecule has 2 aromatic carbocycles. The molecule has 11 nitrogen and oxygen atoms in total. The average Bonchev–Trinajstić information content (AvgIpc) is 3.40. The minimum atomic E-state index is -0.983. The van der Waals surface area contributed by atoms with Gasteiger partial charge in [-0.05, 0) is 101 Å². The van der Waals surface area contributed by atoms with Gasteiger partial charge < -0.3 is 26.8 Å². The zero-order valence-corrected chi connectivity index (χ0v) is 27.2. The van der Waals surface area contributed by atoms with Gasteiger partial charge >= 0.3 is 5.69 Å². The minimum Gasteiger partial charge on any atom is -0.349 e. The largest absolute Gasteiger partial charge is 0.349 e. The van der Waals surface area contributed by atoms with Gasteiger partial charge in [-0.3, -0.25) is 14.4 Å². The molecule has 46 heavy (non-hydrogen) atoms. The summed E-state index contributed by atoms with van der Waals surface area (Å²) < 4.78 is 0. The number of aromatic nitrogens is 3. The summed E-state index contributed by atoms with van der Waals surface area (Å²) in [5.74, 6) is -0.939. The third kappa shape index (κ3) is 7.72. The molecule has 1 fully saturated rings. The van der Waals surface area contributed by atoms with E-state index in [4.69, 9.17) is 11.5 Å². The molecule has 0 spiro atoms. The summed E-state index contributed by atoms with van der Waals surface area (Å²) in [7, 11) is 0. The van der Waals surface area contributed by atoms with Crippen LogP contribution in [0.25, 0.3) is 22.2 Å². The third-order valence-electron chi connectivity index (χ3n) is 8.50. The lowest BCUT2D eigenvalue weighted by atomic mass is 9.81. The molecule has 0 saturated heterocycles. The average molecular weight is 648 g/mol. The number of carbonyl (C=O) groups excluding carboxylic acids is 3. The number of fused-ring (bicyclic) bond motifs is 1. The molecule has 12 heteroatoms. The number of aromatic amines is 2. The predicted molar refractivity (Wildman–Crippen MR) is 182 cm³/mol. The van der Waals surface area contributed by atoms with Crippen LogP contribution < -0.4 is 27.4 Å². The number of anilines is 1. The SMILES string of the molecule is Cc1nc(C(=O)NC(C)C)ccc1-c1ccc(C[C@H](N)C(=O)N(C(=O)C2CCC(CN)CC2)c2ccc3[nH]c(=O)[nH]c3c2)cc1.Cl. The van der Waals surface area contributed by atoms with Crippen LogP contribution >= 0.6 is 12.4 Å². The van der Waals surface area contributed by atoms with Gasteiger partial charge in [0.05, 0.1) is 22.8 Å². The van der Waals surface area contributed by atoms with Crippen molar-refractivity contribution in [2.24, 2.45) is 23.3 Å². The summed E-state index contributed by atoms with van der Waals surface area (Å²) in [6, 6.07) is 15.2. The van der Waals surface area contributed by atoms with Gasteiger partial charge in [-0.1, -0.05) is 30.3 Å². The van der Waals surface area contributed by atoms with E-state index in [9.17, 15) is 19.2 Å². The molecule has 0 bridgehead atoms. The van der Waals surface area contributed by atoms with Crippen molar-refractivity contribution >= 4 is 46.8 Å². The molecule has 0 unspecified atom stereocenters. The molecule has 0 aliphatic heterocycles. The number of rotatable bonds is 9. The lowest BCUT2D eigenvalue weighted by molar-refractivity contribution is -0.130. The van der Waals surface area contributed by atoms with Crippen molar-refractivity contribution in [3.63, 3.8) is 0 Å². The van der Waals surface area contributed by atoms with Crippen molar-refractivity contribution in [3.05, 3.63) is 82.0 Å². The number of benzene rings is 2. The summed E-state index contributed by atoms with van der Waals surface area (Å²) in [6.07, 6.45) is 3.20. The number of halogens is 1. The molecule has 3 amide bonds. The van der Waals surface area contributed by atoms with Gasteiger partial charge in [-0.25, -0.2) is 14.7 Å². The van der Waals surface area contributed by atoms with E-state index < -0.39 is 11.9 Å². The van der Waals surface area contributed by atoms with Crippen LogP contribution in [-0.2, 0) is 16.0 Å². The van der Waals surface area contributed by atoms with E-state index in [1.165, 1.54) is 4.90 Å². The van der Waals surface area contributed by atoms with Crippen LogP contribution in [0.3, 0.4) is 0 Å². The second-order valence-electron chi connectivity index (χ2n) is 12.2. The molecule has 5 rings (SSSR count). The number of pyridine rings is 1. The van der Waals surface area contributed by atoms with E-state index in [0.29, 0.717) is 47.7 Å². The number of H-pyrrole nitrogens is 2. The first-order valence-corrected chi connectivity index (χ1v) is 15.5. The van der Waals surface area contributed by atoms with Crippen LogP contribution in [0.4, 0.5) is 5.69 Å². The van der Waals surface area contributed by atoms with E-state index in [2.05, 4.69) is 20.3 Å². The number of nitrogens with zero attached hydrogens (tertiary/aromatic N) is 2. The number of nitrogens with two attached hydrogens (primary N) is 2. The second-order valence-corrected chi connectivity index (χ2v) is 12.2. The molecule has 2 aromatic heterocycles. The molecule has 244 valence electrons. The highest BCUT2D eigenvalue weighted by molar-refractivity contribution is 6.17. The van der Waals surface area contributed by atoms with Crippen LogP contribution in [0.1, 0.15) is 61.3 Å². The molecular formula is C34H42ClN7O4. The molecule has 1 aliphatic rings. The maximum atomic E-state index is 13.9. The standard InChI is InChI=1S/C34H41N7O4.ClH/c1-19(2)37-31(42)29-15-13-26(20(3)38-29)23-8-4-21(5-9-23)16-27(36)33(44)41(32(43)24-10-6-22(18-35)7-11-24)25-12-14-28-30(17-25)40-34(45)39-28;/h4-5,8-9,12-15,17,19,22,24,27H,6-7,10-11,16,18,35-36H2,1-3H3,(H,37,42)(H2,39,40,45);1H/t22?,24?,27-;/m0./s1. The lowest BCUT2D eigenvalue weighted by Crippen LogP contribution is -2.50. The summed E-state index contributed by atoms with van der Waals surface area (Å²) in [5.41, 5.74) is 17.2. The highest BCUT2D eigenvalue weighted by Gasteiger charge is 2.35. The van der Waals surface area contributed by atoms with Crippen LogP contribution in [0.15, 0.2) is 59.4 Å². The Kier molecular flexibility index (Phi) is 11.2. The van der Waals surface area contributed by atoms with Gasteiger partial charge in [0, 0.05) is 23.2 Å². The first-order chi connectivity index (χ1) is 21.5. The van der Waals surface area contributed by atoms with Crippen molar-refractivity contribution in [1.29, 1.82) is 0 Å². The van der Waals surface area contributed by atoms with Gasteiger partial charge in [0.25, 0.3) is 11.8 Å². The minimum absolute atomic E-state index is 0. The zero-order chi connectivity index (χ0) is 32.2. The zero-order valence-electron chi connectivity index (χ0n) is 26.3. The van der Waals surface area contributed by atoms with Crippen LogP contribution in [0, 0.1) is 18.8 Å². The van der Waals surface area contributed by atoms with Crippen molar-refractivity contribution in [3.8, 4) is 11.1 Å². The molecule has 7 N–H and O–H groups in total. The van der Waals surface area contributed by atoms with E-state index in [1.807, 2.05) is 51.1 Å². The number of hydrogen-bond donors (Lipinski definition) is 5. The Morgan fingerprint density at radius 1 is 0.978 bits per heavy atom. The highest BCUT2D eigenvalue weighted by Crippen LogP contribution is 2.32. The molecule has 4 aromatic rings. The number of amides is 3. The first kappa shape index (κ1) is 34.6. The van der Waals surface area contributed by atoms with Gasteiger partial charge in [0.2, 0.25) is 5.91 Å². The summed E-state index contributed by atoms with van der Waals surface area (Å²) >= 11 is 0. The third-order valence-corrected chi connectivity index (χ3v) is 8.50. The van der Waals surface area contributed by atoms with Gasteiger partial charge in [0.15, 0.2) is 0 Å². The fourth-order valence-corrected chi connectivity index (χ4v) is 6.01. The van der Waals surface area contributed by atoms with E-state index >= 15 is 0 Å². The topological polar surface area (TPSA) is 180 Å². The van der Waals surface area contributed by atoms with Gasteiger partial charge in [0.1, 0.15) is 5.69 Å². The molecular weight excluding hydrogens is 606 g/mol. The molecule has 1 atom stereocenters. The van der Waals surface area contributed by atoms with Crippen molar-refractivity contribution in [1.82, 2.24) is 20.3 Å². The predicted octanol–water partition coefficient (Wildman–Crippen LogP) is 3.98. The number of carbonyl (C=O) groups is 3. The van der Waals surface area contributed by atoms with Gasteiger partial charge in [-0.2, -0.15) is 0 Å². The van der Waals surface area contributed by atoms with Crippen LogP contribution in [0.5, 0.6) is 0 Å². The van der Waals surface area contributed by atoms with E-state index in [-0.39, 0.29) is 48.3 Å². The summed E-state index contributed by atoms with van der Waals surface area (Å²) in [5, 5.41) is 2.85. The normalized spacial score (nSPS) is 16.9. The lowest BCUT2D eigenvalue weighted by Gasteiger charge is -2.32. The number of imidazole rings is 1. The first-order valence-electron chi connectivity index (χ1n) is 15.5. The number of aryl methyl sites for hydroxylation is 1. The van der Waals surface area contributed by atoms with Gasteiger partial charge in [-0.15, -0.1) is 12.4 Å². The smallest absolute Gasteiger partial charge is 0.323 e. The number of hydrogen-bond acceptors (Lipinski definition) is 7. The number of nitrogens with one attached hydrogen (secondary N) is 3. The van der Waals surface area contributed by atoms with Crippen molar-refractivity contribution < 1.29 is 14.4 Å². The maximum Gasteiger partial charge on any atom is 0.323 e. The maximum absolute atomic E-state index is 13.9. The second kappa shape index (κ2) is 14.8. The number of imide groups is 1. The molecule has 1 aliphatic carbocycles. The Labute approximate surface area is 273 Å². The Hall–Kier alpha value is -4.32. The highest BCUT2D eigenvalue weighted by atomic mass is 35.5. The van der Waals surface area contributed by atoms with Crippen LogP contribution in [0.2, 0.25) is 0 Å². The quantitative estimate of drug-likeness (QED) is 0.182. The fraction of sp³-hybridized carbons (Fsp3) is 0.382. The Balaban J connectivity index is 0.00000480. The molecule has 0 radical (unpaired) electrons. The summed E-state index contributed by atoms with van der Waals surface area (Å²) in [4.78, 5) is 63.1. The molecule has 2 heterocycles. The van der Waals surface area contributed by atoms with Crippen molar-refractivity contribution in [2.45, 2.75) is 65.0 Å². The van der Waals surface area contributed by atoms with E-state index in [1.54, 1.807) is 24.3 Å². The van der Waals surface area contributed by atoms with E-state index in [0.717, 1.165) is 35.2 Å². The Morgan fingerprint density at radius 2 is 1.65 bits per heavy atom. The van der Waals surface area contributed by atoms with Crippen LogP contribution in [-0.4, -0.2) is 51.3 Å². The Morgan fingerprint density at radius 3 is 2.28 bits per heavy atom.